The maximum atomic E-state index is 12.1. The van der Waals surface area contributed by atoms with Gasteiger partial charge < -0.3 is 9.47 Å². The van der Waals surface area contributed by atoms with Gasteiger partial charge in [0.25, 0.3) is 0 Å². The minimum atomic E-state index is -0.00729. The lowest BCUT2D eigenvalue weighted by atomic mass is 9.72. The van der Waals surface area contributed by atoms with Crippen molar-refractivity contribution in [1.29, 1.82) is 0 Å². The molecule has 0 aromatic heterocycles. The van der Waals surface area contributed by atoms with Gasteiger partial charge in [0.2, 0.25) is 0 Å². The number of unbranched alkanes of at least 4 members (excludes halogenated alkanes) is 1. The van der Waals surface area contributed by atoms with Crippen LogP contribution in [0.15, 0.2) is 0 Å². The van der Waals surface area contributed by atoms with Crippen molar-refractivity contribution in [3.8, 4) is 0 Å². The van der Waals surface area contributed by atoms with Crippen LogP contribution >= 0.6 is 15.9 Å². The van der Waals surface area contributed by atoms with Crippen LogP contribution in [0.2, 0.25) is 0 Å². The molecule has 1 aliphatic carbocycles. The Bertz CT molecular complexity index is 350. The Morgan fingerprint density at radius 1 is 1.32 bits per heavy atom. The molecule has 2 bridgehead atoms. The van der Waals surface area contributed by atoms with Crippen LogP contribution in [0.3, 0.4) is 0 Å². The largest absolute Gasteiger partial charge is 0.466 e. The molecule has 0 spiro atoms. The highest BCUT2D eigenvalue weighted by molar-refractivity contribution is 9.09. The molecule has 0 aromatic carbocycles. The molecule has 4 heteroatoms. The fourth-order valence-corrected chi connectivity index (χ4v) is 4.68. The first-order chi connectivity index (χ1) is 10.6. The summed E-state index contributed by atoms with van der Waals surface area (Å²) in [4.78, 5) is 12.1. The fraction of sp³-hybridized carbons (Fsp3) is 0.944. The average Bonchev–Trinajstić information content (AvgIpc) is 2.56. The fourth-order valence-electron chi connectivity index (χ4n) is 3.99. The van der Waals surface area contributed by atoms with Gasteiger partial charge in [-0.3, -0.25) is 4.79 Å². The van der Waals surface area contributed by atoms with Crippen LogP contribution in [-0.2, 0) is 14.3 Å². The van der Waals surface area contributed by atoms with Crippen LogP contribution in [0.1, 0.15) is 71.6 Å². The highest BCUT2D eigenvalue weighted by Crippen LogP contribution is 2.46. The Kier molecular flexibility index (Phi) is 7.20. The zero-order chi connectivity index (χ0) is 16.0. The molecule has 3 aliphatic rings. The van der Waals surface area contributed by atoms with Gasteiger partial charge in [0, 0.05) is 5.33 Å². The minimum absolute atomic E-state index is 0.00729. The maximum absolute atomic E-state index is 12.1. The number of rotatable bonds is 9. The van der Waals surface area contributed by atoms with Crippen LogP contribution in [0.4, 0.5) is 0 Å². The van der Waals surface area contributed by atoms with Crippen LogP contribution in [0, 0.1) is 11.8 Å². The summed E-state index contributed by atoms with van der Waals surface area (Å²) in [7, 11) is 0. The smallest absolute Gasteiger partial charge is 0.308 e. The number of carbonyl (C=O) groups is 1. The molecule has 2 atom stereocenters. The van der Waals surface area contributed by atoms with Crippen molar-refractivity contribution in [3.05, 3.63) is 0 Å². The van der Waals surface area contributed by atoms with Crippen molar-refractivity contribution >= 4 is 21.9 Å². The van der Waals surface area contributed by atoms with E-state index in [0.717, 1.165) is 37.4 Å². The standard InChI is InChI=1S/C18H31BrO3/c1-3-5-6-15(17(20)21-4-2)7-8-16-14-9-11-18(13-19,22-16)12-10-14/h14-16H,3-13H2,1-2H3. The molecule has 3 rings (SSSR count). The summed E-state index contributed by atoms with van der Waals surface area (Å²) in [5, 5.41) is 0.945. The first-order valence-electron chi connectivity index (χ1n) is 9.04. The third-order valence-corrected chi connectivity index (χ3v) is 6.46. The number of alkyl halides is 1. The quantitative estimate of drug-likeness (QED) is 0.427. The van der Waals surface area contributed by atoms with E-state index in [0.29, 0.717) is 18.6 Å². The van der Waals surface area contributed by atoms with Crippen LogP contribution < -0.4 is 0 Å². The van der Waals surface area contributed by atoms with Gasteiger partial charge in [0.1, 0.15) is 0 Å². The van der Waals surface area contributed by atoms with Gasteiger partial charge in [-0.2, -0.15) is 0 Å². The molecule has 2 aliphatic heterocycles. The predicted octanol–water partition coefficient (Wildman–Crippen LogP) is 4.86. The van der Waals surface area contributed by atoms with Gasteiger partial charge in [0.15, 0.2) is 0 Å². The van der Waals surface area contributed by atoms with Gasteiger partial charge in [0.05, 0.1) is 24.2 Å². The van der Waals surface area contributed by atoms with Crippen molar-refractivity contribution in [2.45, 2.75) is 83.3 Å². The number of fused-ring (bicyclic) bond motifs is 3. The predicted molar refractivity (Wildman–Crippen MR) is 92.2 cm³/mol. The Labute approximate surface area is 143 Å². The van der Waals surface area contributed by atoms with Crippen molar-refractivity contribution in [2.24, 2.45) is 11.8 Å². The third kappa shape index (κ3) is 4.47. The molecule has 2 saturated heterocycles. The molecular weight excluding hydrogens is 344 g/mol. The normalized spacial score (nSPS) is 32.0. The highest BCUT2D eigenvalue weighted by atomic mass is 79.9. The monoisotopic (exact) mass is 374 g/mol. The van der Waals surface area contributed by atoms with Gasteiger partial charge in [-0.25, -0.2) is 0 Å². The van der Waals surface area contributed by atoms with Crippen molar-refractivity contribution in [2.75, 3.05) is 11.9 Å². The molecule has 0 radical (unpaired) electrons. The third-order valence-electron chi connectivity index (χ3n) is 5.44. The first kappa shape index (κ1) is 18.3. The van der Waals surface area contributed by atoms with E-state index in [2.05, 4.69) is 22.9 Å². The zero-order valence-corrected chi connectivity index (χ0v) is 15.7. The van der Waals surface area contributed by atoms with Gasteiger partial charge >= 0.3 is 5.97 Å². The van der Waals surface area contributed by atoms with E-state index in [1.165, 1.54) is 25.7 Å². The highest BCUT2D eigenvalue weighted by Gasteiger charge is 2.46. The Morgan fingerprint density at radius 3 is 2.64 bits per heavy atom. The van der Waals surface area contributed by atoms with E-state index < -0.39 is 0 Å². The molecule has 0 aromatic rings. The average molecular weight is 375 g/mol. The van der Waals surface area contributed by atoms with Gasteiger partial charge in [-0.05, 0) is 57.8 Å². The van der Waals surface area contributed by atoms with E-state index in [-0.39, 0.29) is 17.5 Å². The second-order valence-electron chi connectivity index (χ2n) is 6.98. The van der Waals surface area contributed by atoms with E-state index >= 15 is 0 Å². The number of hydrogen-bond donors (Lipinski definition) is 0. The number of hydrogen-bond acceptors (Lipinski definition) is 3. The molecule has 3 fully saturated rings. The van der Waals surface area contributed by atoms with E-state index in [9.17, 15) is 4.79 Å². The van der Waals surface area contributed by atoms with Crippen molar-refractivity contribution < 1.29 is 14.3 Å². The molecule has 2 heterocycles. The summed E-state index contributed by atoms with van der Waals surface area (Å²) < 4.78 is 11.7. The molecule has 2 unspecified atom stereocenters. The molecule has 128 valence electrons. The topological polar surface area (TPSA) is 35.5 Å². The van der Waals surface area contributed by atoms with Crippen LogP contribution in [0.5, 0.6) is 0 Å². The second-order valence-corrected chi connectivity index (χ2v) is 7.54. The van der Waals surface area contributed by atoms with Crippen LogP contribution in [0.25, 0.3) is 0 Å². The summed E-state index contributed by atoms with van der Waals surface area (Å²) >= 11 is 3.64. The maximum Gasteiger partial charge on any atom is 0.308 e. The molecule has 1 saturated carbocycles. The minimum Gasteiger partial charge on any atom is -0.466 e. The molecule has 3 nitrogen and oxygen atoms in total. The summed E-state index contributed by atoms with van der Waals surface area (Å²) in [5.74, 6) is 0.756. The summed E-state index contributed by atoms with van der Waals surface area (Å²) in [6.07, 6.45) is 10.4. The summed E-state index contributed by atoms with van der Waals surface area (Å²) in [6, 6.07) is 0. The van der Waals surface area contributed by atoms with E-state index in [4.69, 9.17) is 9.47 Å². The SMILES string of the molecule is CCCCC(CCC1OC2(CBr)CCC1CC2)C(=O)OCC. The van der Waals surface area contributed by atoms with E-state index in [1.54, 1.807) is 0 Å². The van der Waals surface area contributed by atoms with Crippen molar-refractivity contribution in [1.82, 2.24) is 0 Å². The molecular formula is C18H31BrO3. The van der Waals surface area contributed by atoms with Gasteiger partial charge in [-0.1, -0.05) is 35.7 Å². The van der Waals surface area contributed by atoms with Crippen LogP contribution in [-0.4, -0.2) is 29.6 Å². The lowest BCUT2D eigenvalue weighted by Gasteiger charge is -2.50. The molecule has 0 N–H and O–H groups in total. The Balaban J connectivity index is 1.87. The number of esters is 1. The Morgan fingerprint density at radius 2 is 2.05 bits per heavy atom. The number of ether oxygens (including phenoxy) is 2. The zero-order valence-electron chi connectivity index (χ0n) is 14.1. The van der Waals surface area contributed by atoms with Crippen molar-refractivity contribution in [3.63, 3.8) is 0 Å². The second kappa shape index (κ2) is 8.68. The molecule has 0 amide bonds. The number of halogens is 1. The molecule has 22 heavy (non-hydrogen) atoms. The van der Waals surface area contributed by atoms with Gasteiger partial charge in [-0.15, -0.1) is 0 Å². The van der Waals surface area contributed by atoms with E-state index in [1.807, 2.05) is 6.92 Å². The lowest BCUT2D eigenvalue weighted by molar-refractivity contribution is -0.184. The number of carbonyl (C=O) groups excluding carboxylic acids is 1. The Hall–Kier alpha value is -0.0900. The lowest BCUT2D eigenvalue weighted by Crippen LogP contribution is -2.51. The summed E-state index contributed by atoms with van der Waals surface area (Å²) in [6.45, 7) is 4.54. The first-order valence-corrected chi connectivity index (χ1v) is 10.2. The summed E-state index contributed by atoms with van der Waals surface area (Å²) in [5.41, 5.74) is 0.0717.